The Kier molecular flexibility index (Phi) is 4.44. The summed E-state index contributed by atoms with van der Waals surface area (Å²) in [5, 5.41) is 4.73. The van der Waals surface area contributed by atoms with Gasteiger partial charge in [0.15, 0.2) is 0 Å². The summed E-state index contributed by atoms with van der Waals surface area (Å²) in [7, 11) is -3.40. The van der Waals surface area contributed by atoms with Gasteiger partial charge in [0, 0.05) is 13.1 Å². The maximum Gasteiger partial charge on any atom is 0.213 e. The number of ether oxygens (including phenoxy) is 1. The zero-order valence-electron chi connectivity index (χ0n) is 11.1. The van der Waals surface area contributed by atoms with Crippen molar-refractivity contribution in [1.29, 1.82) is 0 Å². The van der Waals surface area contributed by atoms with Crippen LogP contribution in [0.3, 0.4) is 0 Å². The van der Waals surface area contributed by atoms with Crippen LogP contribution in [0.2, 0.25) is 0 Å². The maximum absolute atomic E-state index is 11.2. The molecule has 0 saturated carbocycles. The first-order valence-electron chi connectivity index (χ1n) is 6.38. The van der Waals surface area contributed by atoms with Crippen LogP contribution in [0.15, 0.2) is 24.3 Å². The predicted octanol–water partition coefficient (Wildman–Crippen LogP) is 0.737. The number of benzene rings is 1. The van der Waals surface area contributed by atoms with Crippen molar-refractivity contribution in [1.82, 2.24) is 4.90 Å². The monoisotopic (exact) mass is 284 g/mol. The van der Waals surface area contributed by atoms with Gasteiger partial charge in [-0.05, 0) is 37.6 Å². The molecule has 5 nitrogen and oxygen atoms in total. The highest BCUT2D eigenvalue weighted by atomic mass is 32.2. The van der Waals surface area contributed by atoms with E-state index in [1.807, 2.05) is 31.2 Å². The average molecular weight is 284 g/mol. The van der Waals surface area contributed by atoms with E-state index in [1.54, 1.807) is 0 Å². The van der Waals surface area contributed by atoms with Gasteiger partial charge in [0.1, 0.15) is 12.4 Å². The minimum atomic E-state index is -3.40. The van der Waals surface area contributed by atoms with Gasteiger partial charge in [0.2, 0.25) is 10.0 Å². The van der Waals surface area contributed by atoms with Crippen molar-refractivity contribution in [2.75, 3.05) is 26.2 Å². The van der Waals surface area contributed by atoms with Crippen molar-refractivity contribution in [2.45, 2.75) is 18.6 Å². The number of hydrogen-bond donors (Lipinski definition) is 1. The van der Waals surface area contributed by atoms with E-state index < -0.39 is 15.3 Å². The van der Waals surface area contributed by atoms with Crippen LogP contribution in [0.5, 0.6) is 5.75 Å². The van der Waals surface area contributed by atoms with Gasteiger partial charge in [0.25, 0.3) is 0 Å². The van der Waals surface area contributed by atoms with Gasteiger partial charge >= 0.3 is 0 Å². The molecule has 1 aromatic rings. The van der Waals surface area contributed by atoms with Gasteiger partial charge in [-0.15, -0.1) is 0 Å². The van der Waals surface area contributed by atoms with Crippen LogP contribution in [-0.4, -0.2) is 44.8 Å². The number of hydrogen-bond acceptors (Lipinski definition) is 4. The van der Waals surface area contributed by atoms with Gasteiger partial charge in [0.05, 0.1) is 5.25 Å². The Balaban J connectivity index is 1.76. The number of sulfonamides is 1. The molecule has 1 aromatic carbocycles. The molecule has 0 aromatic heterocycles. The fourth-order valence-electron chi connectivity index (χ4n) is 2.27. The van der Waals surface area contributed by atoms with E-state index in [9.17, 15) is 8.42 Å². The summed E-state index contributed by atoms with van der Waals surface area (Å²) in [6.07, 6.45) is 0.614. The minimum Gasteiger partial charge on any atom is -0.492 e. The maximum atomic E-state index is 11.2. The molecule has 1 atom stereocenters. The summed E-state index contributed by atoms with van der Waals surface area (Å²) in [6.45, 7) is 4.57. The Labute approximate surface area is 114 Å². The number of primary sulfonamides is 1. The third-order valence-corrected chi connectivity index (χ3v) is 4.67. The molecule has 0 aliphatic carbocycles. The zero-order chi connectivity index (χ0) is 13.9. The van der Waals surface area contributed by atoms with Gasteiger partial charge in [-0.25, -0.2) is 13.6 Å². The Morgan fingerprint density at radius 3 is 2.89 bits per heavy atom. The third kappa shape index (κ3) is 4.19. The largest absolute Gasteiger partial charge is 0.492 e. The number of rotatable bonds is 5. The van der Waals surface area contributed by atoms with E-state index in [2.05, 4.69) is 4.90 Å². The molecular weight excluding hydrogens is 264 g/mol. The molecule has 1 saturated heterocycles. The van der Waals surface area contributed by atoms with Gasteiger partial charge in [-0.3, -0.25) is 4.90 Å². The first-order valence-corrected chi connectivity index (χ1v) is 7.99. The number of aryl methyl sites for hydroxylation is 1. The van der Waals surface area contributed by atoms with Crippen LogP contribution in [0.1, 0.15) is 12.0 Å². The fourth-order valence-corrected chi connectivity index (χ4v) is 3.12. The Morgan fingerprint density at radius 1 is 1.47 bits per heavy atom. The number of nitrogens with two attached hydrogens (primary N) is 1. The minimum absolute atomic E-state index is 0.425. The smallest absolute Gasteiger partial charge is 0.213 e. The zero-order valence-corrected chi connectivity index (χ0v) is 11.9. The van der Waals surface area contributed by atoms with Gasteiger partial charge in [-0.1, -0.05) is 12.1 Å². The van der Waals surface area contributed by atoms with Crippen LogP contribution in [0.4, 0.5) is 0 Å². The lowest BCUT2D eigenvalue weighted by Crippen LogP contribution is -2.33. The van der Waals surface area contributed by atoms with Crippen molar-refractivity contribution in [3.05, 3.63) is 29.8 Å². The summed E-state index contributed by atoms with van der Waals surface area (Å²) in [4.78, 5) is 2.07. The summed E-state index contributed by atoms with van der Waals surface area (Å²) < 4.78 is 28.1. The number of nitrogens with zero attached hydrogens (tertiary/aromatic N) is 1. The Hall–Kier alpha value is -1.11. The predicted molar refractivity (Wildman–Crippen MR) is 74.6 cm³/mol. The second kappa shape index (κ2) is 5.90. The summed E-state index contributed by atoms with van der Waals surface area (Å²) in [5.41, 5.74) is 1.16. The van der Waals surface area contributed by atoms with Crippen LogP contribution < -0.4 is 9.88 Å². The molecular formula is C13H20N2O3S. The lowest BCUT2D eigenvalue weighted by atomic mass is 10.2. The highest BCUT2D eigenvalue weighted by molar-refractivity contribution is 7.89. The molecule has 19 heavy (non-hydrogen) atoms. The normalized spacial score (nSPS) is 20.6. The van der Waals surface area contributed by atoms with E-state index in [4.69, 9.17) is 9.88 Å². The van der Waals surface area contributed by atoms with E-state index in [1.165, 1.54) is 0 Å². The second-order valence-corrected chi connectivity index (χ2v) is 6.81. The van der Waals surface area contributed by atoms with Crippen molar-refractivity contribution in [3.8, 4) is 5.75 Å². The van der Waals surface area contributed by atoms with E-state index in [0.717, 1.165) is 24.4 Å². The first kappa shape index (κ1) is 14.3. The second-order valence-electron chi connectivity index (χ2n) is 4.97. The molecule has 6 heteroatoms. The lowest BCUT2D eigenvalue weighted by molar-refractivity contribution is 0.238. The van der Waals surface area contributed by atoms with E-state index in [0.29, 0.717) is 19.6 Å². The van der Waals surface area contributed by atoms with Crippen molar-refractivity contribution < 1.29 is 13.2 Å². The Morgan fingerprint density at radius 2 is 2.26 bits per heavy atom. The Bertz CT molecular complexity index is 530. The van der Waals surface area contributed by atoms with Crippen molar-refractivity contribution >= 4 is 10.0 Å². The third-order valence-electron chi connectivity index (χ3n) is 3.36. The molecule has 2 N–H and O–H groups in total. The molecule has 1 aliphatic rings. The average Bonchev–Trinajstić information content (AvgIpc) is 2.77. The molecule has 0 radical (unpaired) electrons. The highest BCUT2D eigenvalue weighted by Crippen LogP contribution is 2.15. The van der Waals surface area contributed by atoms with Crippen LogP contribution in [0.25, 0.3) is 0 Å². The fraction of sp³-hybridized carbons (Fsp3) is 0.538. The summed E-state index contributed by atoms with van der Waals surface area (Å²) >= 11 is 0. The lowest BCUT2D eigenvalue weighted by Gasteiger charge is -2.16. The van der Waals surface area contributed by atoms with Crippen LogP contribution >= 0.6 is 0 Å². The quantitative estimate of drug-likeness (QED) is 0.865. The molecule has 106 valence electrons. The van der Waals surface area contributed by atoms with E-state index >= 15 is 0 Å². The summed E-state index contributed by atoms with van der Waals surface area (Å²) in [5.74, 6) is 0.849. The highest BCUT2D eigenvalue weighted by Gasteiger charge is 2.30. The molecule has 1 fully saturated rings. The molecule has 0 bridgehead atoms. The summed E-state index contributed by atoms with van der Waals surface area (Å²) in [6, 6.07) is 7.88. The molecule has 1 unspecified atom stereocenters. The van der Waals surface area contributed by atoms with Gasteiger partial charge in [-0.2, -0.15) is 0 Å². The van der Waals surface area contributed by atoms with Gasteiger partial charge < -0.3 is 4.74 Å². The standard InChI is InChI=1S/C13H20N2O3S/c1-11-3-2-4-12(9-11)18-8-7-15-6-5-13(10-15)19(14,16)17/h2-4,9,13H,5-8,10H2,1H3,(H2,14,16,17). The number of likely N-dealkylation sites (tertiary alicyclic amines) is 1. The van der Waals surface area contributed by atoms with Crippen LogP contribution in [0, 0.1) is 6.92 Å². The van der Waals surface area contributed by atoms with Crippen LogP contribution in [-0.2, 0) is 10.0 Å². The molecule has 1 aliphatic heterocycles. The topological polar surface area (TPSA) is 72.6 Å². The SMILES string of the molecule is Cc1cccc(OCCN2CCC(S(N)(=O)=O)C2)c1. The molecule has 0 amide bonds. The molecule has 1 heterocycles. The molecule has 0 spiro atoms. The first-order chi connectivity index (χ1) is 8.95. The van der Waals surface area contributed by atoms with E-state index in [-0.39, 0.29) is 0 Å². The van der Waals surface area contributed by atoms with Crippen molar-refractivity contribution in [3.63, 3.8) is 0 Å². The van der Waals surface area contributed by atoms with Crippen molar-refractivity contribution in [2.24, 2.45) is 5.14 Å². The molecule has 2 rings (SSSR count).